The van der Waals surface area contributed by atoms with Crippen LogP contribution >= 0.6 is 0 Å². The Morgan fingerprint density at radius 3 is 0.353 bits per heavy atom. The third-order valence-electron chi connectivity index (χ3n) is 20.4. The Kier molecular flexibility index (Phi) is 74.9. The topological polar surface area (TPSA) is 0 Å². The van der Waals surface area contributed by atoms with E-state index in [1.807, 2.05) is 0 Å². The van der Waals surface area contributed by atoms with Crippen molar-refractivity contribution in [1.29, 1.82) is 0 Å². The standard InChI is InChI=1S/C85H164/c1-2-3-4-5-6-7-8-9-10-11-12-13-14-15-16-17-18-19-20-21-22-23-24-25-26-27-28-29-30-31-32-33-34-35-36-37-38-39-40-41-42-43-44-45-46-47-48-49-50-51-52-53-54-55-56-57-58-59-60-61-62-63-64-65-66-67-68-69-70-71-72-73-74-75-76-77-79-82-85-83-80-78-81-84-85/h78,80-81,83-84H,2-77,79,82H2,1H3. The predicted molar refractivity (Wildman–Crippen MR) is 391 cm³/mol. The van der Waals surface area contributed by atoms with Crippen LogP contribution < -0.4 is 0 Å². The molecule has 0 saturated carbocycles. The Hall–Kier alpha value is -0.780. The third kappa shape index (κ3) is 73.8. The van der Waals surface area contributed by atoms with Crippen molar-refractivity contribution >= 4 is 0 Å². The Bertz CT molecular complexity index is 1250. The summed E-state index contributed by atoms with van der Waals surface area (Å²) >= 11 is 0. The van der Waals surface area contributed by atoms with Gasteiger partial charge in [-0.15, -0.1) is 0 Å². The van der Waals surface area contributed by atoms with Crippen LogP contribution in [0.5, 0.6) is 0 Å². The van der Waals surface area contributed by atoms with Gasteiger partial charge in [-0.1, -0.05) is 525 Å². The first kappa shape index (κ1) is 82.2. The normalized spacial score (nSPS) is 11.7. The van der Waals surface area contributed by atoms with E-state index < -0.39 is 0 Å². The smallest absolute Gasteiger partial charge is 0.0279 e. The molecular formula is C85H164. The van der Waals surface area contributed by atoms with Gasteiger partial charge in [0.25, 0.3) is 0 Å². The summed E-state index contributed by atoms with van der Waals surface area (Å²) in [6.07, 6.45) is 116. The van der Waals surface area contributed by atoms with E-state index in [-0.39, 0.29) is 0 Å². The maximum absolute atomic E-state index is 2.32. The SMILES string of the molecule is CCCCCCCCCCCCCCCCCCCCCCCCCCCCCCCCCCCCCCCCCCCCCCCCCCCCCCCCCCCCCCCCCCCCCCCCCCCCCCCc1ccccc1. The number of aryl methyl sites for hydroxylation is 1. The van der Waals surface area contributed by atoms with E-state index in [0.717, 1.165) is 0 Å². The van der Waals surface area contributed by atoms with Crippen LogP contribution in [0.15, 0.2) is 30.3 Å². The molecule has 0 fully saturated rings. The number of benzene rings is 1. The van der Waals surface area contributed by atoms with Crippen molar-refractivity contribution in [2.24, 2.45) is 0 Å². The molecule has 0 radical (unpaired) electrons. The van der Waals surface area contributed by atoms with Crippen molar-refractivity contribution in [3.63, 3.8) is 0 Å². The van der Waals surface area contributed by atoms with E-state index in [2.05, 4.69) is 37.3 Å². The molecule has 0 nitrogen and oxygen atoms in total. The molecule has 504 valence electrons. The quantitative estimate of drug-likeness (QED) is 0.0570. The fourth-order valence-electron chi connectivity index (χ4n) is 14.3. The highest BCUT2D eigenvalue weighted by molar-refractivity contribution is 5.14. The Morgan fingerprint density at radius 1 is 0.129 bits per heavy atom. The second-order valence-corrected chi connectivity index (χ2v) is 29.1. The monoisotopic (exact) mass is 1190 g/mol. The van der Waals surface area contributed by atoms with Gasteiger partial charge in [0.2, 0.25) is 0 Å². The highest BCUT2D eigenvalue weighted by Gasteiger charge is 2.02. The van der Waals surface area contributed by atoms with Gasteiger partial charge in [0, 0.05) is 0 Å². The molecule has 0 heterocycles. The molecule has 1 aromatic rings. The van der Waals surface area contributed by atoms with Crippen molar-refractivity contribution in [3.8, 4) is 0 Å². The zero-order chi connectivity index (χ0) is 60.3. The molecule has 0 unspecified atom stereocenters. The molecule has 0 heteroatoms. The van der Waals surface area contributed by atoms with Gasteiger partial charge in [-0.2, -0.15) is 0 Å². The number of rotatable bonds is 78. The molecule has 0 aliphatic carbocycles. The molecule has 0 N–H and O–H groups in total. The van der Waals surface area contributed by atoms with Crippen LogP contribution in [0.25, 0.3) is 0 Å². The van der Waals surface area contributed by atoms with Crippen LogP contribution in [-0.2, 0) is 6.42 Å². The van der Waals surface area contributed by atoms with Gasteiger partial charge in [-0.25, -0.2) is 0 Å². The lowest BCUT2D eigenvalue weighted by atomic mass is 10.0. The van der Waals surface area contributed by atoms with E-state index in [1.165, 1.54) is 506 Å². The van der Waals surface area contributed by atoms with Crippen LogP contribution in [-0.4, -0.2) is 0 Å². The second-order valence-electron chi connectivity index (χ2n) is 29.1. The summed E-state index contributed by atoms with van der Waals surface area (Å²) in [6, 6.07) is 11.0. The van der Waals surface area contributed by atoms with E-state index in [9.17, 15) is 0 Å². The number of hydrogen-bond donors (Lipinski definition) is 0. The summed E-state index contributed by atoms with van der Waals surface area (Å²) in [6.45, 7) is 2.32. The summed E-state index contributed by atoms with van der Waals surface area (Å²) in [5, 5.41) is 0. The van der Waals surface area contributed by atoms with Gasteiger partial charge < -0.3 is 0 Å². The molecular weight excluding hydrogens is 1020 g/mol. The van der Waals surface area contributed by atoms with Crippen molar-refractivity contribution in [2.45, 2.75) is 508 Å². The lowest BCUT2D eigenvalue weighted by Gasteiger charge is -2.05. The molecule has 1 rings (SSSR count). The lowest BCUT2D eigenvalue weighted by molar-refractivity contribution is 0.506. The van der Waals surface area contributed by atoms with Gasteiger partial charge >= 0.3 is 0 Å². The van der Waals surface area contributed by atoms with E-state index in [1.54, 1.807) is 0 Å². The van der Waals surface area contributed by atoms with E-state index in [4.69, 9.17) is 0 Å². The van der Waals surface area contributed by atoms with Crippen LogP contribution in [0.2, 0.25) is 0 Å². The molecule has 85 heavy (non-hydrogen) atoms. The molecule has 0 bridgehead atoms. The van der Waals surface area contributed by atoms with Gasteiger partial charge in [0.05, 0.1) is 0 Å². The first-order chi connectivity index (χ1) is 42.4. The van der Waals surface area contributed by atoms with Gasteiger partial charge in [0.1, 0.15) is 0 Å². The Morgan fingerprint density at radius 2 is 0.235 bits per heavy atom. The maximum Gasteiger partial charge on any atom is -0.0279 e. The van der Waals surface area contributed by atoms with Gasteiger partial charge in [-0.05, 0) is 18.4 Å². The van der Waals surface area contributed by atoms with E-state index in [0.29, 0.717) is 0 Å². The van der Waals surface area contributed by atoms with Gasteiger partial charge in [0.15, 0.2) is 0 Å². The maximum atomic E-state index is 2.32. The molecule has 0 aliphatic heterocycles. The zero-order valence-electron chi connectivity index (χ0n) is 59.5. The number of hydrogen-bond acceptors (Lipinski definition) is 0. The molecule has 0 atom stereocenters. The molecule has 0 saturated heterocycles. The summed E-state index contributed by atoms with van der Waals surface area (Å²) in [7, 11) is 0. The van der Waals surface area contributed by atoms with E-state index >= 15 is 0 Å². The lowest BCUT2D eigenvalue weighted by Crippen LogP contribution is -1.86. The highest BCUT2D eigenvalue weighted by Crippen LogP contribution is 2.22. The molecule has 1 aromatic carbocycles. The molecule has 0 spiro atoms. The minimum atomic E-state index is 1.26. The predicted octanol–water partition coefficient (Wildman–Crippen LogP) is 32.3. The van der Waals surface area contributed by atoms with Crippen molar-refractivity contribution < 1.29 is 0 Å². The fraction of sp³-hybridized carbons (Fsp3) is 0.929. The average molecular weight is 1190 g/mol. The fourth-order valence-corrected chi connectivity index (χ4v) is 14.3. The van der Waals surface area contributed by atoms with Crippen LogP contribution in [0, 0.1) is 0 Å². The van der Waals surface area contributed by atoms with Gasteiger partial charge in [-0.3, -0.25) is 0 Å². The zero-order valence-corrected chi connectivity index (χ0v) is 59.5. The van der Waals surface area contributed by atoms with Crippen LogP contribution in [0.4, 0.5) is 0 Å². The van der Waals surface area contributed by atoms with Crippen LogP contribution in [0.3, 0.4) is 0 Å². The third-order valence-corrected chi connectivity index (χ3v) is 20.4. The molecule has 0 aliphatic rings. The summed E-state index contributed by atoms with van der Waals surface area (Å²) in [5.74, 6) is 0. The Labute approximate surface area is 540 Å². The first-order valence-corrected chi connectivity index (χ1v) is 41.5. The van der Waals surface area contributed by atoms with Crippen molar-refractivity contribution in [2.75, 3.05) is 0 Å². The highest BCUT2D eigenvalue weighted by atomic mass is 14.1. The summed E-state index contributed by atoms with van der Waals surface area (Å²) < 4.78 is 0. The molecule has 0 amide bonds. The minimum Gasteiger partial charge on any atom is -0.0654 e. The molecule has 0 aromatic heterocycles. The second kappa shape index (κ2) is 77.5. The largest absolute Gasteiger partial charge is 0.0654 e. The van der Waals surface area contributed by atoms with Crippen molar-refractivity contribution in [3.05, 3.63) is 35.9 Å². The summed E-state index contributed by atoms with van der Waals surface area (Å²) in [4.78, 5) is 0. The van der Waals surface area contributed by atoms with Crippen molar-refractivity contribution in [1.82, 2.24) is 0 Å². The average Bonchev–Trinajstić information content (AvgIpc) is 3.52. The Balaban J connectivity index is 1.58. The first-order valence-electron chi connectivity index (χ1n) is 41.5. The number of unbranched alkanes of at least 4 members (excludes halogenated alkanes) is 76. The van der Waals surface area contributed by atoms with Crippen LogP contribution in [0.1, 0.15) is 507 Å². The summed E-state index contributed by atoms with van der Waals surface area (Å²) in [5.41, 5.74) is 1.51. The minimum absolute atomic E-state index is 1.26.